The molecule has 1 aromatic carbocycles. The van der Waals surface area contributed by atoms with Crippen LogP contribution in [0.25, 0.3) is 0 Å². The minimum atomic E-state index is -0.902. The van der Waals surface area contributed by atoms with Gasteiger partial charge >= 0.3 is 11.9 Å². The van der Waals surface area contributed by atoms with Crippen LogP contribution >= 0.6 is 0 Å². The molecule has 0 spiro atoms. The Labute approximate surface area is 135 Å². The molecule has 2 N–H and O–H groups in total. The number of hydrogen-bond donors (Lipinski definition) is 2. The van der Waals surface area contributed by atoms with Gasteiger partial charge in [0.1, 0.15) is 5.92 Å². The third-order valence-corrected chi connectivity index (χ3v) is 3.69. The van der Waals surface area contributed by atoms with E-state index in [4.69, 9.17) is 9.84 Å². The molecule has 0 bridgehead atoms. The predicted octanol–water partition coefficient (Wildman–Crippen LogP) is 1.43. The van der Waals surface area contributed by atoms with Gasteiger partial charge in [-0.2, -0.15) is 0 Å². The lowest BCUT2D eigenvalue weighted by molar-refractivity contribution is -0.150. The molecule has 6 nitrogen and oxygen atoms in total. The largest absolute Gasteiger partial charge is 0.481 e. The number of carbonyl (C=O) groups excluding carboxylic acids is 2. The number of ketones is 1. The summed E-state index contributed by atoms with van der Waals surface area (Å²) >= 11 is 0. The van der Waals surface area contributed by atoms with E-state index in [2.05, 4.69) is 5.32 Å². The summed E-state index contributed by atoms with van der Waals surface area (Å²) in [5.74, 6) is -2.64. The zero-order chi connectivity index (χ0) is 17.2. The van der Waals surface area contributed by atoms with Gasteiger partial charge in [-0.15, -0.1) is 0 Å². The molecule has 23 heavy (non-hydrogen) atoms. The summed E-state index contributed by atoms with van der Waals surface area (Å²) in [4.78, 5) is 35.2. The van der Waals surface area contributed by atoms with Crippen molar-refractivity contribution in [1.82, 2.24) is 5.32 Å². The Hall–Kier alpha value is -2.21. The lowest BCUT2D eigenvalue weighted by atomic mass is 9.89. The quantitative estimate of drug-likeness (QED) is 0.500. The fourth-order valence-corrected chi connectivity index (χ4v) is 2.42. The predicted molar refractivity (Wildman–Crippen MR) is 85.0 cm³/mol. The van der Waals surface area contributed by atoms with Gasteiger partial charge in [0.25, 0.3) is 0 Å². The van der Waals surface area contributed by atoms with Crippen LogP contribution in [0.5, 0.6) is 0 Å². The zero-order valence-electron chi connectivity index (χ0n) is 13.5. The standard InChI is InChI=1S/C17H23NO5/c1-18-14(9-6-10-15(19)20)16(21)13(17(22)23-2)11-12-7-4-3-5-8-12/h3-5,7-8,13-14,18H,6,9-11H2,1-2H3,(H,19,20)/t13-,14-/m0/s1. The van der Waals surface area contributed by atoms with E-state index in [0.29, 0.717) is 12.8 Å². The Morgan fingerprint density at radius 3 is 2.39 bits per heavy atom. The number of nitrogens with one attached hydrogen (secondary N) is 1. The summed E-state index contributed by atoms with van der Waals surface area (Å²) < 4.78 is 4.76. The minimum Gasteiger partial charge on any atom is -0.481 e. The van der Waals surface area contributed by atoms with Crippen LogP contribution in [0.3, 0.4) is 0 Å². The van der Waals surface area contributed by atoms with Crippen LogP contribution in [0.4, 0.5) is 0 Å². The van der Waals surface area contributed by atoms with Crippen molar-refractivity contribution < 1.29 is 24.2 Å². The van der Waals surface area contributed by atoms with Gasteiger partial charge in [0.05, 0.1) is 13.2 Å². The molecular weight excluding hydrogens is 298 g/mol. The Balaban J connectivity index is 2.80. The van der Waals surface area contributed by atoms with Crippen molar-refractivity contribution in [1.29, 1.82) is 0 Å². The maximum atomic E-state index is 12.6. The highest BCUT2D eigenvalue weighted by Crippen LogP contribution is 2.16. The van der Waals surface area contributed by atoms with Crippen LogP contribution in [0.1, 0.15) is 24.8 Å². The number of carboxylic acids is 1. The van der Waals surface area contributed by atoms with Crippen molar-refractivity contribution in [3.05, 3.63) is 35.9 Å². The van der Waals surface area contributed by atoms with Gasteiger partial charge < -0.3 is 15.2 Å². The van der Waals surface area contributed by atoms with Gasteiger partial charge in [0, 0.05) is 6.42 Å². The highest BCUT2D eigenvalue weighted by molar-refractivity contribution is 6.02. The molecule has 0 radical (unpaired) electrons. The fourth-order valence-electron chi connectivity index (χ4n) is 2.42. The van der Waals surface area contributed by atoms with Crippen molar-refractivity contribution in [2.45, 2.75) is 31.7 Å². The van der Waals surface area contributed by atoms with Gasteiger partial charge in [-0.25, -0.2) is 0 Å². The van der Waals surface area contributed by atoms with Crippen molar-refractivity contribution in [3.63, 3.8) is 0 Å². The average Bonchev–Trinajstić information content (AvgIpc) is 2.56. The van der Waals surface area contributed by atoms with Gasteiger partial charge in [-0.1, -0.05) is 30.3 Å². The van der Waals surface area contributed by atoms with Crippen molar-refractivity contribution >= 4 is 17.7 Å². The normalized spacial score (nSPS) is 13.1. The number of aliphatic carboxylic acids is 1. The second-order valence-corrected chi connectivity index (χ2v) is 5.30. The van der Waals surface area contributed by atoms with E-state index in [9.17, 15) is 14.4 Å². The average molecular weight is 321 g/mol. The molecular formula is C17H23NO5. The number of benzene rings is 1. The first kappa shape index (κ1) is 18.8. The highest BCUT2D eigenvalue weighted by atomic mass is 16.5. The molecule has 0 unspecified atom stereocenters. The van der Waals surface area contributed by atoms with E-state index in [0.717, 1.165) is 5.56 Å². The van der Waals surface area contributed by atoms with E-state index in [1.54, 1.807) is 7.05 Å². The molecule has 1 aromatic rings. The van der Waals surface area contributed by atoms with E-state index >= 15 is 0 Å². The number of esters is 1. The van der Waals surface area contributed by atoms with Crippen LogP contribution < -0.4 is 5.32 Å². The van der Waals surface area contributed by atoms with E-state index < -0.39 is 23.9 Å². The smallest absolute Gasteiger partial charge is 0.316 e. The lowest BCUT2D eigenvalue weighted by Gasteiger charge is -2.20. The number of hydrogen-bond acceptors (Lipinski definition) is 5. The molecule has 0 aliphatic rings. The number of methoxy groups -OCH3 is 1. The zero-order valence-corrected chi connectivity index (χ0v) is 13.5. The molecule has 2 atom stereocenters. The highest BCUT2D eigenvalue weighted by Gasteiger charge is 2.32. The Morgan fingerprint density at radius 1 is 1.22 bits per heavy atom. The van der Waals surface area contributed by atoms with E-state index in [-0.39, 0.29) is 18.6 Å². The van der Waals surface area contributed by atoms with Crippen LogP contribution in [0.2, 0.25) is 0 Å². The maximum Gasteiger partial charge on any atom is 0.316 e. The van der Waals surface area contributed by atoms with Gasteiger partial charge in [0.15, 0.2) is 5.78 Å². The Morgan fingerprint density at radius 2 is 1.87 bits per heavy atom. The van der Waals surface area contributed by atoms with Crippen molar-refractivity contribution in [3.8, 4) is 0 Å². The molecule has 0 saturated carbocycles. The number of Topliss-reactive ketones (excluding diaryl/α,β-unsaturated/α-hetero) is 1. The first-order valence-corrected chi connectivity index (χ1v) is 7.54. The molecule has 6 heteroatoms. The molecule has 0 aliphatic heterocycles. The summed E-state index contributed by atoms with van der Waals surface area (Å²) in [7, 11) is 2.88. The molecule has 0 saturated heterocycles. The molecule has 0 heterocycles. The second kappa shape index (κ2) is 9.74. The van der Waals surface area contributed by atoms with Crippen LogP contribution in [0.15, 0.2) is 30.3 Å². The molecule has 0 fully saturated rings. The lowest BCUT2D eigenvalue weighted by Crippen LogP contribution is -2.42. The third-order valence-electron chi connectivity index (χ3n) is 3.69. The SMILES string of the molecule is CN[C@@H](CCCC(=O)O)C(=O)[C@H](Cc1ccccc1)C(=O)OC. The Bertz CT molecular complexity index is 529. The molecule has 1 rings (SSSR count). The monoisotopic (exact) mass is 321 g/mol. The molecule has 0 aliphatic carbocycles. The van der Waals surface area contributed by atoms with Gasteiger partial charge in [-0.05, 0) is 31.9 Å². The minimum absolute atomic E-state index is 0.00691. The summed E-state index contributed by atoms with van der Waals surface area (Å²) in [6, 6.07) is 8.68. The van der Waals surface area contributed by atoms with Crippen LogP contribution in [-0.2, 0) is 25.5 Å². The topological polar surface area (TPSA) is 92.7 Å². The summed E-state index contributed by atoms with van der Waals surface area (Å²) in [5.41, 5.74) is 0.872. The summed E-state index contributed by atoms with van der Waals surface area (Å²) in [6.45, 7) is 0. The first-order chi connectivity index (χ1) is 11.0. The third kappa shape index (κ3) is 6.20. The number of rotatable bonds is 10. The number of carbonyl (C=O) groups is 3. The number of likely N-dealkylation sites (N-methyl/N-ethyl adjacent to an activating group) is 1. The van der Waals surface area contributed by atoms with Crippen molar-refractivity contribution in [2.75, 3.05) is 14.2 Å². The first-order valence-electron chi connectivity index (χ1n) is 7.54. The van der Waals surface area contributed by atoms with Gasteiger partial charge in [-0.3, -0.25) is 14.4 Å². The summed E-state index contributed by atoms with van der Waals surface area (Å²) in [5, 5.41) is 11.6. The fraction of sp³-hybridized carbons (Fsp3) is 0.471. The van der Waals surface area contributed by atoms with Crippen molar-refractivity contribution in [2.24, 2.45) is 5.92 Å². The molecule has 126 valence electrons. The van der Waals surface area contributed by atoms with E-state index in [1.165, 1.54) is 7.11 Å². The number of carboxylic acid groups (broad SMARTS) is 1. The maximum absolute atomic E-state index is 12.6. The van der Waals surface area contributed by atoms with Crippen LogP contribution in [0, 0.1) is 5.92 Å². The number of ether oxygens (including phenoxy) is 1. The summed E-state index contributed by atoms with van der Waals surface area (Å²) in [6.07, 6.45) is 0.992. The molecule has 0 aromatic heterocycles. The molecule has 0 amide bonds. The Kier molecular flexibility index (Phi) is 7.97. The van der Waals surface area contributed by atoms with Crippen LogP contribution in [-0.4, -0.2) is 43.0 Å². The second-order valence-electron chi connectivity index (χ2n) is 5.30. The van der Waals surface area contributed by atoms with Gasteiger partial charge in [0.2, 0.25) is 0 Å². The van der Waals surface area contributed by atoms with E-state index in [1.807, 2.05) is 30.3 Å².